The van der Waals surface area contributed by atoms with Crippen LogP contribution >= 0.6 is 0 Å². The lowest BCUT2D eigenvalue weighted by Crippen LogP contribution is -2.25. The summed E-state index contributed by atoms with van der Waals surface area (Å²) in [5.74, 6) is 0.742. The molecule has 0 N–H and O–H groups in total. The molecular weight excluding hydrogens is 619 g/mol. The maximum absolute atomic E-state index is 5.20. The van der Waals surface area contributed by atoms with Gasteiger partial charge in [-0.2, -0.15) is 0 Å². The summed E-state index contributed by atoms with van der Waals surface area (Å²) in [5.41, 5.74) is 19.4. The third-order valence-electron chi connectivity index (χ3n) is 10.8. The molecule has 51 heavy (non-hydrogen) atoms. The van der Waals surface area contributed by atoms with Gasteiger partial charge in [0.25, 0.3) is 0 Å². The second kappa shape index (κ2) is 11.3. The van der Waals surface area contributed by atoms with E-state index in [0.29, 0.717) is 0 Å². The Morgan fingerprint density at radius 3 is 1.53 bits per heavy atom. The predicted molar refractivity (Wildman–Crippen MR) is 207 cm³/mol. The monoisotopic (exact) mass is 651 g/mol. The highest BCUT2D eigenvalue weighted by molar-refractivity contribution is 6.02. The SMILES string of the molecule is Cc1cc(-c2cccc3c2-c2ccccc2C32c3ccccc3-c3c(-c4cc(C)c(-c5ccccc5)cn4)cccc32)nc(-c2ccccc2)n1. The average Bonchev–Trinajstić information content (AvgIpc) is 3.66. The zero-order valence-corrected chi connectivity index (χ0v) is 28.4. The van der Waals surface area contributed by atoms with E-state index in [0.717, 1.165) is 45.2 Å². The number of hydrogen-bond acceptors (Lipinski definition) is 3. The van der Waals surface area contributed by atoms with Crippen LogP contribution in [-0.4, -0.2) is 15.0 Å². The Hall–Kier alpha value is -6.45. The summed E-state index contributed by atoms with van der Waals surface area (Å²) in [4.78, 5) is 15.2. The number of aromatic nitrogens is 3. The Balaban J connectivity index is 1.23. The second-order valence-corrected chi connectivity index (χ2v) is 13.6. The summed E-state index contributed by atoms with van der Waals surface area (Å²) < 4.78 is 0. The van der Waals surface area contributed by atoms with Crippen LogP contribution in [0.4, 0.5) is 0 Å². The minimum absolute atomic E-state index is 0.493. The normalized spacial score (nSPS) is 14.9. The second-order valence-electron chi connectivity index (χ2n) is 13.6. The minimum atomic E-state index is -0.493. The third-order valence-corrected chi connectivity index (χ3v) is 10.8. The molecule has 0 saturated heterocycles. The van der Waals surface area contributed by atoms with E-state index in [2.05, 4.69) is 153 Å². The first-order valence-corrected chi connectivity index (χ1v) is 17.5. The van der Waals surface area contributed by atoms with Crippen LogP contribution < -0.4 is 0 Å². The minimum Gasteiger partial charge on any atom is -0.256 e. The summed E-state index contributed by atoms with van der Waals surface area (Å²) >= 11 is 0. The van der Waals surface area contributed by atoms with E-state index in [1.807, 2.05) is 24.4 Å². The molecule has 240 valence electrons. The largest absolute Gasteiger partial charge is 0.256 e. The first-order chi connectivity index (χ1) is 25.1. The van der Waals surface area contributed by atoms with E-state index in [9.17, 15) is 0 Å². The fourth-order valence-electron chi connectivity index (χ4n) is 8.71. The van der Waals surface area contributed by atoms with Crippen LogP contribution in [0.1, 0.15) is 33.5 Å². The van der Waals surface area contributed by atoms with Crippen molar-refractivity contribution in [3.8, 4) is 67.3 Å². The van der Waals surface area contributed by atoms with Crippen molar-refractivity contribution in [3.05, 3.63) is 197 Å². The maximum Gasteiger partial charge on any atom is 0.160 e. The van der Waals surface area contributed by atoms with Gasteiger partial charge in [-0.15, -0.1) is 0 Å². The Bertz CT molecular complexity index is 2660. The molecule has 0 bridgehead atoms. The quantitative estimate of drug-likeness (QED) is 0.190. The van der Waals surface area contributed by atoms with Crippen molar-refractivity contribution in [1.29, 1.82) is 0 Å². The topological polar surface area (TPSA) is 38.7 Å². The lowest BCUT2D eigenvalue weighted by atomic mass is 9.70. The van der Waals surface area contributed by atoms with Crippen molar-refractivity contribution >= 4 is 0 Å². The number of aryl methyl sites for hydroxylation is 2. The number of nitrogens with zero attached hydrogens (tertiary/aromatic N) is 3. The van der Waals surface area contributed by atoms with Crippen LogP contribution in [0.3, 0.4) is 0 Å². The molecule has 2 aromatic heterocycles. The van der Waals surface area contributed by atoms with Crippen LogP contribution in [0.5, 0.6) is 0 Å². The molecule has 0 fully saturated rings. The highest BCUT2D eigenvalue weighted by Gasteiger charge is 2.52. The van der Waals surface area contributed by atoms with Crippen LogP contribution in [0, 0.1) is 13.8 Å². The highest BCUT2D eigenvalue weighted by Crippen LogP contribution is 2.65. The molecule has 3 nitrogen and oxygen atoms in total. The zero-order chi connectivity index (χ0) is 34.1. The first-order valence-electron chi connectivity index (χ1n) is 17.5. The van der Waals surface area contributed by atoms with Gasteiger partial charge in [0.15, 0.2) is 5.82 Å². The number of fused-ring (bicyclic) bond motifs is 10. The van der Waals surface area contributed by atoms with Crippen LogP contribution in [-0.2, 0) is 5.41 Å². The molecule has 1 spiro atoms. The Morgan fingerprint density at radius 1 is 0.412 bits per heavy atom. The lowest BCUT2D eigenvalue weighted by molar-refractivity contribution is 0.794. The van der Waals surface area contributed by atoms with Crippen LogP contribution in [0.25, 0.3) is 67.3 Å². The van der Waals surface area contributed by atoms with Crippen LogP contribution in [0.15, 0.2) is 164 Å². The summed E-state index contributed by atoms with van der Waals surface area (Å²) in [6.07, 6.45) is 2.04. The van der Waals surface area contributed by atoms with Crippen LogP contribution in [0.2, 0.25) is 0 Å². The zero-order valence-electron chi connectivity index (χ0n) is 28.4. The van der Waals surface area contributed by atoms with E-state index < -0.39 is 5.41 Å². The van der Waals surface area contributed by atoms with Crippen molar-refractivity contribution in [2.24, 2.45) is 0 Å². The summed E-state index contributed by atoms with van der Waals surface area (Å²) in [7, 11) is 0. The molecule has 2 heterocycles. The van der Waals surface area contributed by atoms with Gasteiger partial charge in [-0.1, -0.05) is 146 Å². The molecule has 1 unspecified atom stereocenters. The highest BCUT2D eigenvalue weighted by atomic mass is 14.9. The van der Waals surface area contributed by atoms with Crippen molar-refractivity contribution in [2.45, 2.75) is 19.3 Å². The molecule has 0 aliphatic heterocycles. The molecule has 2 aliphatic carbocycles. The fraction of sp³-hybridized carbons (Fsp3) is 0.0625. The van der Waals surface area contributed by atoms with Gasteiger partial charge in [-0.05, 0) is 81.6 Å². The number of rotatable bonds is 4. The summed E-state index contributed by atoms with van der Waals surface area (Å²) in [6.45, 7) is 4.25. The van der Waals surface area contributed by atoms with Gasteiger partial charge in [-0.3, -0.25) is 4.98 Å². The van der Waals surface area contributed by atoms with Gasteiger partial charge in [0.2, 0.25) is 0 Å². The summed E-state index contributed by atoms with van der Waals surface area (Å²) in [6, 6.07) is 56.7. The molecule has 6 aromatic carbocycles. The van der Waals surface area contributed by atoms with Gasteiger partial charge >= 0.3 is 0 Å². The van der Waals surface area contributed by atoms with E-state index in [4.69, 9.17) is 15.0 Å². The van der Waals surface area contributed by atoms with Crippen molar-refractivity contribution in [2.75, 3.05) is 0 Å². The van der Waals surface area contributed by atoms with E-state index >= 15 is 0 Å². The van der Waals surface area contributed by atoms with Gasteiger partial charge in [0.05, 0.1) is 16.8 Å². The molecule has 10 rings (SSSR count). The fourth-order valence-corrected chi connectivity index (χ4v) is 8.71. The predicted octanol–water partition coefficient (Wildman–Crippen LogP) is 11.5. The Kier molecular flexibility index (Phi) is 6.53. The molecule has 0 amide bonds. The van der Waals surface area contributed by atoms with E-state index in [-0.39, 0.29) is 0 Å². The maximum atomic E-state index is 5.20. The number of pyridine rings is 1. The molecule has 0 radical (unpaired) electrons. The molecular formula is C48H33N3. The number of hydrogen-bond donors (Lipinski definition) is 0. The van der Waals surface area contributed by atoms with Gasteiger partial charge in [0, 0.05) is 34.1 Å². The molecule has 3 heteroatoms. The molecule has 1 atom stereocenters. The third kappa shape index (κ3) is 4.28. The summed E-state index contributed by atoms with van der Waals surface area (Å²) in [5, 5.41) is 0. The molecule has 2 aliphatic rings. The smallest absolute Gasteiger partial charge is 0.160 e. The van der Waals surface area contributed by atoms with E-state index in [1.54, 1.807) is 0 Å². The standard InChI is InChI=1S/C48H33N3/c1-30-27-43(49-29-38(30)32-15-5-3-6-16-32)36-21-13-25-41-45(36)34-19-9-11-23-39(34)48(41)40-24-12-10-20-35(40)46-37(22-14-26-42(46)48)44-28-31(2)50-47(51-44)33-17-7-4-8-18-33/h3-29H,1-2H3. The lowest BCUT2D eigenvalue weighted by Gasteiger charge is -2.30. The molecule has 8 aromatic rings. The van der Waals surface area contributed by atoms with Crippen molar-refractivity contribution in [1.82, 2.24) is 15.0 Å². The average molecular weight is 652 g/mol. The van der Waals surface area contributed by atoms with Crippen molar-refractivity contribution < 1.29 is 0 Å². The van der Waals surface area contributed by atoms with Gasteiger partial charge in [0.1, 0.15) is 0 Å². The Labute approximate surface area is 298 Å². The Morgan fingerprint density at radius 2 is 0.922 bits per heavy atom. The first kappa shape index (κ1) is 29.5. The van der Waals surface area contributed by atoms with Crippen molar-refractivity contribution in [3.63, 3.8) is 0 Å². The number of benzene rings is 6. The van der Waals surface area contributed by atoms with E-state index in [1.165, 1.54) is 55.6 Å². The molecule has 0 saturated carbocycles. The van der Waals surface area contributed by atoms with Gasteiger partial charge < -0.3 is 0 Å². The van der Waals surface area contributed by atoms with Gasteiger partial charge in [-0.25, -0.2) is 9.97 Å².